The average molecular weight is 253 g/mol. The molecule has 5 N–H and O–H groups in total. The van der Waals surface area contributed by atoms with Gasteiger partial charge in [-0.2, -0.15) is 0 Å². The Labute approximate surface area is 104 Å². The van der Waals surface area contributed by atoms with E-state index in [2.05, 4.69) is 20.5 Å². The first-order valence-electron chi connectivity index (χ1n) is 6.28. The molecule has 1 saturated carbocycles. The molecule has 1 aliphatic carbocycles. The van der Waals surface area contributed by atoms with Crippen LogP contribution in [0.25, 0.3) is 0 Å². The molecule has 100 valence electrons. The molecule has 0 bridgehead atoms. The van der Waals surface area contributed by atoms with E-state index in [1.807, 2.05) is 0 Å². The molecule has 1 aliphatic rings. The van der Waals surface area contributed by atoms with E-state index >= 15 is 0 Å². The summed E-state index contributed by atoms with van der Waals surface area (Å²) in [6, 6.07) is 0. The zero-order valence-electron chi connectivity index (χ0n) is 10.3. The average Bonchev–Trinajstić information content (AvgIpc) is 2.39. The second-order valence-corrected chi connectivity index (χ2v) is 4.97. The molecule has 0 aliphatic heterocycles. The van der Waals surface area contributed by atoms with Crippen LogP contribution < -0.4 is 22.3 Å². The lowest BCUT2D eigenvalue weighted by atomic mass is 9.74. The van der Waals surface area contributed by atoms with Crippen LogP contribution in [0, 0.1) is 5.41 Å². The second kappa shape index (κ2) is 5.34. The van der Waals surface area contributed by atoms with E-state index in [0.717, 1.165) is 12.8 Å². The minimum absolute atomic E-state index is 0.0442. The standard InChI is InChI=1S/C11H19N5O2/c12-6-11(4-2-1-3-5-11)7-13-8-9(17)14-10(18)16-15-8/h1-7,12H2,(H,13,15)(H2,14,16,17,18). The van der Waals surface area contributed by atoms with E-state index in [1.54, 1.807) is 0 Å². The van der Waals surface area contributed by atoms with E-state index in [1.165, 1.54) is 19.3 Å². The van der Waals surface area contributed by atoms with E-state index in [4.69, 9.17) is 5.73 Å². The molecule has 0 radical (unpaired) electrons. The van der Waals surface area contributed by atoms with Crippen LogP contribution in [0.3, 0.4) is 0 Å². The normalized spacial score (nSPS) is 18.5. The second-order valence-electron chi connectivity index (χ2n) is 4.97. The number of nitrogens with one attached hydrogen (secondary N) is 3. The van der Waals surface area contributed by atoms with Gasteiger partial charge in [-0.3, -0.25) is 9.78 Å². The predicted octanol–water partition coefficient (Wildman–Crippen LogP) is -0.221. The fourth-order valence-corrected chi connectivity index (χ4v) is 2.49. The number of rotatable bonds is 4. The Kier molecular flexibility index (Phi) is 3.81. The quantitative estimate of drug-likeness (QED) is 0.592. The SMILES string of the molecule is NCC1(CNc2n[nH]c(=O)[nH]c2=O)CCCCC1. The molecule has 7 nitrogen and oxygen atoms in total. The first-order valence-corrected chi connectivity index (χ1v) is 6.28. The molecule has 1 heterocycles. The minimum atomic E-state index is -0.600. The molecule has 0 amide bonds. The van der Waals surface area contributed by atoms with Crippen LogP contribution >= 0.6 is 0 Å². The number of nitrogens with zero attached hydrogens (tertiary/aromatic N) is 1. The maximum absolute atomic E-state index is 11.5. The van der Waals surface area contributed by atoms with Gasteiger partial charge in [0.05, 0.1) is 0 Å². The number of H-pyrrole nitrogens is 2. The van der Waals surface area contributed by atoms with Crippen molar-refractivity contribution in [2.75, 3.05) is 18.4 Å². The number of anilines is 1. The third-order valence-corrected chi connectivity index (χ3v) is 3.69. The Bertz CT molecular complexity index is 501. The largest absolute Gasteiger partial charge is 0.363 e. The summed E-state index contributed by atoms with van der Waals surface area (Å²) in [5.74, 6) is 0.146. The lowest BCUT2D eigenvalue weighted by Gasteiger charge is -2.36. The van der Waals surface area contributed by atoms with Crippen LogP contribution in [0.5, 0.6) is 0 Å². The van der Waals surface area contributed by atoms with Gasteiger partial charge in [-0.15, -0.1) is 5.10 Å². The third-order valence-electron chi connectivity index (χ3n) is 3.69. The summed E-state index contributed by atoms with van der Waals surface area (Å²) in [6.07, 6.45) is 5.73. The molecule has 0 spiro atoms. The van der Waals surface area contributed by atoms with Gasteiger partial charge in [-0.25, -0.2) is 9.89 Å². The van der Waals surface area contributed by atoms with Crippen LogP contribution in [-0.4, -0.2) is 28.3 Å². The van der Waals surface area contributed by atoms with Crippen molar-refractivity contribution in [2.45, 2.75) is 32.1 Å². The number of aromatic amines is 2. The Balaban J connectivity index is 2.05. The number of hydrogen-bond donors (Lipinski definition) is 4. The van der Waals surface area contributed by atoms with Crippen LogP contribution in [0.1, 0.15) is 32.1 Å². The van der Waals surface area contributed by atoms with E-state index < -0.39 is 11.2 Å². The molecule has 1 fully saturated rings. The maximum atomic E-state index is 11.5. The van der Waals surface area contributed by atoms with Crippen molar-refractivity contribution in [1.82, 2.24) is 15.2 Å². The van der Waals surface area contributed by atoms with Crippen LogP contribution in [-0.2, 0) is 0 Å². The van der Waals surface area contributed by atoms with Crippen molar-refractivity contribution in [3.8, 4) is 0 Å². The molecule has 7 heteroatoms. The molecule has 0 unspecified atom stereocenters. The van der Waals surface area contributed by atoms with Gasteiger partial charge in [0.15, 0.2) is 0 Å². The van der Waals surface area contributed by atoms with Gasteiger partial charge in [0.2, 0.25) is 5.82 Å². The molecule has 2 rings (SSSR count). The van der Waals surface area contributed by atoms with Crippen LogP contribution in [0.2, 0.25) is 0 Å². The van der Waals surface area contributed by atoms with Crippen molar-refractivity contribution in [2.24, 2.45) is 11.1 Å². The van der Waals surface area contributed by atoms with Gasteiger partial charge in [-0.05, 0) is 24.8 Å². The first-order chi connectivity index (χ1) is 8.65. The summed E-state index contributed by atoms with van der Waals surface area (Å²) >= 11 is 0. The highest BCUT2D eigenvalue weighted by molar-refractivity contribution is 5.29. The Hall–Kier alpha value is -1.63. The van der Waals surface area contributed by atoms with Gasteiger partial charge in [0, 0.05) is 6.54 Å². The predicted molar refractivity (Wildman–Crippen MR) is 68.5 cm³/mol. The zero-order valence-corrected chi connectivity index (χ0v) is 10.3. The fraction of sp³-hybridized carbons (Fsp3) is 0.727. The maximum Gasteiger partial charge on any atom is 0.342 e. The summed E-state index contributed by atoms with van der Waals surface area (Å²) in [5.41, 5.74) is 4.81. The van der Waals surface area contributed by atoms with Gasteiger partial charge in [0.1, 0.15) is 0 Å². The summed E-state index contributed by atoms with van der Waals surface area (Å²) in [5, 5.41) is 8.90. The highest BCUT2D eigenvalue weighted by atomic mass is 16.2. The third kappa shape index (κ3) is 2.79. The Morgan fingerprint density at radius 1 is 1.28 bits per heavy atom. The van der Waals surface area contributed by atoms with Gasteiger partial charge in [-0.1, -0.05) is 19.3 Å². The lowest BCUT2D eigenvalue weighted by Crippen LogP contribution is -2.40. The molecule has 18 heavy (non-hydrogen) atoms. The summed E-state index contributed by atoms with van der Waals surface area (Å²) in [4.78, 5) is 24.5. The molecule has 1 aromatic heterocycles. The number of hydrogen-bond acceptors (Lipinski definition) is 5. The number of nitrogens with two attached hydrogens (primary N) is 1. The highest BCUT2D eigenvalue weighted by Gasteiger charge is 2.30. The summed E-state index contributed by atoms with van der Waals surface area (Å²) in [6.45, 7) is 1.22. The monoisotopic (exact) mass is 253 g/mol. The van der Waals surface area contributed by atoms with Crippen molar-refractivity contribution >= 4 is 5.82 Å². The molecular weight excluding hydrogens is 234 g/mol. The van der Waals surface area contributed by atoms with E-state index in [-0.39, 0.29) is 11.2 Å². The smallest absolute Gasteiger partial charge is 0.342 e. The minimum Gasteiger partial charge on any atom is -0.363 e. The van der Waals surface area contributed by atoms with Gasteiger partial charge >= 0.3 is 5.69 Å². The highest BCUT2D eigenvalue weighted by Crippen LogP contribution is 2.35. The topological polar surface area (TPSA) is 117 Å². The Morgan fingerprint density at radius 2 is 2.00 bits per heavy atom. The fourth-order valence-electron chi connectivity index (χ4n) is 2.49. The lowest BCUT2D eigenvalue weighted by molar-refractivity contribution is 0.215. The van der Waals surface area contributed by atoms with Gasteiger partial charge < -0.3 is 11.1 Å². The van der Waals surface area contributed by atoms with Crippen molar-refractivity contribution in [3.05, 3.63) is 20.8 Å². The van der Waals surface area contributed by atoms with Crippen molar-refractivity contribution in [1.29, 1.82) is 0 Å². The number of aromatic nitrogens is 3. The van der Waals surface area contributed by atoms with Crippen molar-refractivity contribution < 1.29 is 0 Å². The van der Waals surface area contributed by atoms with E-state index in [0.29, 0.717) is 13.1 Å². The molecule has 0 atom stereocenters. The zero-order chi connectivity index (χ0) is 13.0. The van der Waals surface area contributed by atoms with Crippen LogP contribution in [0.15, 0.2) is 9.59 Å². The van der Waals surface area contributed by atoms with Crippen LogP contribution in [0.4, 0.5) is 5.82 Å². The first kappa shape index (κ1) is 12.8. The molecule has 0 aromatic carbocycles. The van der Waals surface area contributed by atoms with E-state index in [9.17, 15) is 9.59 Å². The molecule has 1 aromatic rings. The summed E-state index contributed by atoms with van der Waals surface area (Å²) < 4.78 is 0. The van der Waals surface area contributed by atoms with Gasteiger partial charge in [0.25, 0.3) is 5.56 Å². The van der Waals surface area contributed by atoms with Crippen molar-refractivity contribution in [3.63, 3.8) is 0 Å². The molecular formula is C11H19N5O2. The molecule has 0 saturated heterocycles. The Morgan fingerprint density at radius 3 is 2.61 bits per heavy atom. The summed E-state index contributed by atoms with van der Waals surface area (Å²) in [7, 11) is 0.